The predicted octanol–water partition coefficient (Wildman–Crippen LogP) is 4.49. The summed E-state index contributed by atoms with van der Waals surface area (Å²) in [6.45, 7) is 7.75. The molecule has 2 atom stereocenters. The molecule has 2 aromatic carbocycles. The fourth-order valence-electron chi connectivity index (χ4n) is 2.75. The third kappa shape index (κ3) is 6.55. The number of nitrogens with one attached hydrogen (secondary N) is 1. The van der Waals surface area contributed by atoms with Gasteiger partial charge in [-0.3, -0.25) is 4.79 Å². The monoisotopic (exact) mass is 367 g/mol. The van der Waals surface area contributed by atoms with Gasteiger partial charge in [0.2, 0.25) is 0 Å². The van der Waals surface area contributed by atoms with Crippen molar-refractivity contribution in [2.45, 2.75) is 58.6 Å². The first-order valence-electron chi connectivity index (χ1n) is 9.52. The molecule has 1 N–H and O–H groups in total. The van der Waals surface area contributed by atoms with E-state index in [4.69, 9.17) is 4.74 Å². The van der Waals surface area contributed by atoms with Crippen LogP contribution in [0.2, 0.25) is 0 Å². The number of esters is 1. The van der Waals surface area contributed by atoms with Crippen molar-refractivity contribution >= 4 is 11.9 Å². The second-order valence-electron chi connectivity index (χ2n) is 7.26. The van der Waals surface area contributed by atoms with Crippen molar-refractivity contribution in [1.29, 1.82) is 0 Å². The summed E-state index contributed by atoms with van der Waals surface area (Å²) in [5.74, 6) is -0.357. The van der Waals surface area contributed by atoms with Crippen molar-refractivity contribution in [3.05, 3.63) is 71.3 Å². The Balaban J connectivity index is 1.80. The number of benzene rings is 2. The number of carbonyl (C=O) groups excluding carboxylic acids is 2. The zero-order valence-electron chi connectivity index (χ0n) is 16.6. The molecule has 0 saturated heterocycles. The van der Waals surface area contributed by atoms with Gasteiger partial charge < -0.3 is 10.1 Å². The molecule has 2 aromatic rings. The van der Waals surface area contributed by atoms with Crippen LogP contribution < -0.4 is 5.32 Å². The molecule has 27 heavy (non-hydrogen) atoms. The van der Waals surface area contributed by atoms with E-state index in [1.54, 1.807) is 19.1 Å². The second-order valence-corrected chi connectivity index (χ2v) is 7.26. The number of hydrogen-bond acceptors (Lipinski definition) is 3. The molecule has 1 amide bonds. The van der Waals surface area contributed by atoms with Gasteiger partial charge >= 0.3 is 5.97 Å². The fraction of sp³-hybridized carbons (Fsp3) is 0.391. The van der Waals surface area contributed by atoms with Gasteiger partial charge in [-0.1, -0.05) is 56.3 Å². The molecule has 0 heterocycles. The van der Waals surface area contributed by atoms with Crippen LogP contribution in [-0.4, -0.2) is 24.0 Å². The number of amides is 1. The van der Waals surface area contributed by atoms with Gasteiger partial charge in [-0.2, -0.15) is 0 Å². The van der Waals surface area contributed by atoms with Crippen LogP contribution in [0.1, 0.15) is 61.5 Å². The number of ether oxygens (including phenoxy) is 1. The Morgan fingerprint density at radius 2 is 1.56 bits per heavy atom. The van der Waals surface area contributed by atoms with Gasteiger partial charge in [-0.15, -0.1) is 0 Å². The SMILES string of the molecule is CC(C)c1ccc(C(=O)O[C@@H](C)C(=O)N[C@H](C)CCc2ccccc2)cc1. The summed E-state index contributed by atoms with van der Waals surface area (Å²) in [7, 11) is 0. The Labute approximate surface area is 161 Å². The normalized spacial score (nSPS) is 13.1. The second kappa shape index (κ2) is 9.91. The lowest BCUT2D eigenvalue weighted by atomic mass is 10.0. The molecule has 144 valence electrons. The van der Waals surface area contributed by atoms with Crippen molar-refractivity contribution in [2.75, 3.05) is 0 Å². The smallest absolute Gasteiger partial charge is 0.338 e. The highest BCUT2D eigenvalue weighted by Gasteiger charge is 2.20. The first-order chi connectivity index (χ1) is 12.9. The van der Waals surface area contributed by atoms with Crippen molar-refractivity contribution in [1.82, 2.24) is 5.32 Å². The maximum absolute atomic E-state index is 12.3. The molecule has 2 rings (SSSR count). The van der Waals surface area contributed by atoms with Gasteiger partial charge in [0.15, 0.2) is 6.10 Å². The molecule has 0 spiro atoms. The van der Waals surface area contributed by atoms with Crippen molar-refractivity contribution in [3.8, 4) is 0 Å². The number of rotatable bonds is 8. The predicted molar refractivity (Wildman–Crippen MR) is 108 cm³/mol. The van der Waals surface area contributed by atoms with Gasteiger partial charge in [0, 0.05) is 6.04 Å². The van der Waals surface area contributed by atoms with Crippen molar-refractivity contribution in [3.63, 3.8) is 0 Å². The van der Waals surface area contributed by atoms with Gasteiger partial charge in [0.25, 0.3) is 5.91 Å². The molecule has 4 nitrogen and oxygen atoms in total. The Morgan fingerprint density at radius 3 is 2.15 bits per heavy atom. The third-order valence-electron chi connectivity index (χ3n) is 4.56. The number of hydrogen-bond donors (Lipinski definition) is 1. The highest BCUT2D eigenvalue weighted by atomic mass is 16.5. The molecular formula is C23H29NO3. The van der Waals surface area contributed by atoms with E-state index >= 15 is 0 Å². The zero-order valence-corrected chi connectivity index (χ0v) is 16.6. The van der Waals surface area contributed by atoms with Crippen LogP contribution in [0, 0.1) is 0 Å². The summed E-state index contributed by atoms with van der Waals surface area (Å²) in [5, 5.41) is 2.91. The van der Waals surface area contributed by atoms with Crippen LogP contribution >= 0.6 is 0 Å². The minimum Gasteiger partial charge on any atom is -0.449 e. The zero-order chi connectivity index (χ0) is 19.8. The first kappa shape index (κ1) is 20.7. The lowest BCUT2D eigenvalue weighted by Gasteiger charge is -2.18. The van der Waals surface area contributed by atoms with Crippen LogP contribution in [-0.2, 0) is 16.0 Å². The highest BCUT2D eigenvalue weighted by molar-refractivity contribution is 5.92. The summed E-state index contributed by atoms with van der Waals surface area (Å²) >= 11 is 0. The van der Waals surface area contributed by atoms with E-state index < -0.39 is 12.1 Å². The van der Waals surface area contributed by atoms with Gasteiger partial charge in [-0.05, 0) is 55.9 Å². The average Bonchev–Trinajstić information content (AvgIpc) is 2.67. The maximum atomic E-state index is 12.3. The molecule has 0 radical (unpaired) electrons. The summed E-state index contributed by atoms with van der Waals surface area (Å²) in [4.78, 5) is 24.5. The van der Waals surface area contributed by atoms with Crippen LogP contribution in [0.15, 0.2) is 54.6 Å². The molecular weight excluding hydrogens is 338 g/mol. The van der Waals surface area contributed by atoms with Crippen LogP contribution in [0.3, 0.4) is 0 Å². The molecule has 0 saturated carbocycles. The molecule has 0 aliphatic heterocycles. The standard InChI is InChI=1S/C23H29NO3/c1-16(2)20-12-14-21(15-13-20)23(26)27-18(4)22(25)24-17(3)10-11-19-8-6-5-7-9-19/h5-9,12-18H,10-11H2,1-4H3,(H,24,25)/t17-,18+/m1/s1. The first-order valence-corrected chi connectivity index (χ1v) is 9.52. The quantitative estimate of drug-likeness (QED) is 0.699. The minimum absolute atomic E-state index is 0.00387. The minimum atomic E-state index is -0.832. The van der Waals surface area contributed by atoms with Gasteiger partial charge in [0.05, 0.1) is 5.56 Å². The Hall–Kier alpha value is -2.62. The fourth-order valence-corrected chi connectivity index (χ4v) is 2.75. The largest absolute Gasteiger partial charge is 0.449 e. The lowest BCUT2D eigenvalue weighted by molar-refractivity contribution is -0.129. The Kier molecular flexibility index (Phi) is 7.59. The molecule has 0 unspecified atom stereocenters. The topological polar surface area (TPSA) is 55.4 Å². The molecule has 0 fully saturated rings. The van der Waals surface area contributed by atoms with E-state index in [-0.39, 0.29) is 11.9 Å². The van der Waals surface area contributed by atoms with Crippen LogP contribution in [0.5, 0.6) is 0 Å². The summed E-state index contributed by atoms with van der Waals surface area (Å²) in [6, 6.07) is 17.5. The molecule has 0 bridgehead atoms. The summed E-state index contributed by atoms with van der Waals surface area (Å²) in [5.41, 5.74) is 2.85. The lowest BCUT2D eigenvalue weighted by Crippen LogP contribution is -2.41. The summed E-state index contributed by atoms with van der Waals surface area (Å²) in [6.07, 6.45) is 0.882. The van der Waals surface area contributed by atoms with E-state index in [1.165, 1.54) is 5.56 Å². The van der Waals surface area contributed by atoms with Crippen molar-refractivity contribution < 1.29 is 14.3 Å². The molecule has 0 aliphatic carbocycles. The van der Waals surface area contributed by atoms with Gasteiger partial charge in [0.1, 0.15) is 0 Å². The molecule has 0 aromatic heterocycles. The molecule has 0 aliphatic rings. The van der Waals surface area contributed by atoms with E-state index in [0.29, 0.717) is 11.5 Å². The summed E-state index contributed by atoms with van der Waals surface area (Å²) < 4.78 is 5.31. The van der Waals surface area contributed by atoms with Crippen LogP contribution in [0.25, 0.3) is 0 Å². The average molecular weight is 367 g/mol. The van der Waals surface area contributed by atoms with E-state index in [2.05, 4.69) is 31.3 Å². The van der Waals surface area contributed by atoms with Crippen molar-refractivity contribution in [2.24, 2.45) is 0 Å². The van der Waals surface area contributed by atoms with Crippen LogP contribution in [0.4, 0.5) is 0 Å². The van der Waals surface area contributed by atoms with E-state index in [1.807, 2.05) is 37.3 Å². The Morgan fingerprint density at radius 1 is 0.926 bits per heavy atom. The maximum Gasteiger partial charge on any atom is 0.338 e. The van der Waals surface area contributed by atoms with E-state index in [9.17, 15) is 9.59 Å². The number of carbonyl (C=O) groups is 2. The number of aryl methyl sites for hydroxylation is 1. The third-order valence-corrected chi connectivity index (χ3v) is 4.56. The molecule has 4 heteroatoms. The van der Waals surface area contributed by atoms with Gasteiger partial charge in [-0.25, -0.2) is 4.79 Å². The Bertz CT molecular complexity index is 738. The highest BCUT2D eigenvalue weighted by Crippen LogP contribution is 2.15. The van der Waals surface area contributed by atoms with E-state index in [0.717, 1.165) is 18.4 Å².